The van der Waals surface area contributed by atoms with Gasteiger partial charge in [0.2, 0.25) is 0 Å². The summed E-state index contributed by atoms with van der Waals surface area (Å²) in [5.74, 6) is 0. The number of phosphoric acid groups is 1. The smallest absolute Gasteiger partial charge is 0.287 e. The molecule has 0 bridgehead atoms. The van der Waals surface area contributed by atoms with E-state index in [0.717, 1.165) is 8.66 Å². The van der Waals surface area contributed by atoms with E-state index >= 15 is 0 Å². The lowest BCUT2D eigenvalue weighted by Crippen LogP contribution is -1.99. The van der Waals surface area contributed by atoms with E-state index < -0.39 is 7.82 Å². The lowest BCUT2D eigenvalue weighted by molar-refractivity contribution is 0.117. The largest absolute Gasteiger partial charge is 0.475 e. The Hall–Kier alpha value is 0.290. The summed E-state index contributed by atoms with van der Waals surface area (Å²) in [6, 6.07) is 3.81. The first-order valence-corrected chi connectivity index (χ1v) is 7.94. The second kappa shape index (κ2) is 6.89. The van der Waals surface area contributed by atoms with Gasteiger partial charge in [0.15, 0.2) is 0 Å². The van der Waals surface area contributed by atoms with Crippen molar-refractivity contribution in [2.75, 3.05) is 13.2 Å². The minimum absolute atomic E-state index is 0.230. The SMILES string of the molecule is CCOP(=O)(OCC)OCc1ccc(Br)s1. The Labute approximate surface area is 108 Å². The molecule has 0 unspecified atom stereocenters. The molecular weight excluding hydrogens is 315 g/mol. The van der Waals surface area contributed by atoms with Gasteiger partial charge in [-0.2, -0.15) is 0 Å². The van der Waals surface area contributed by atoms with Gasteiger partial charge in [0.1, 0.15) is 0 Å². The van der Waals surface area contributed by atoms with Gasteiger partial charge in [0.05, 0.1) is 23.6 Å². The number of halogens is 1. The van der Waals surface area contributed by atoms with Gasteiger partial charge < -0.3 is 0 Å². The summed E-state index contributed by atoms with van der Waals surface area (Å²) in [5.41, 5.74) is 0. The fraction of sp³-hybridized carbons (Fsp3) is 0.556. The average Bonchev–Trinajstić information content (AvgIpc) is 2.62. The van der Waals surface area contributed by atoms with E-state index in [9.17, 15) is 4.57 Å². The summed E-state index contributed by atoms with van der Waals surface area (Å²) in [4.78, 5) is 0.964. The summed E-state index contributed by atoms with van der Waals surface area (Å²) < 4.78 is 28.1. The molecule has 4 nitrogen and oxygen atoms in total. The van der Waals surface area contributed by atoms with Crippen molar-refractivity contribution in [1.82, 2.24) is 0 Å². The van der Waals surface area contributed by atoms with Gasteiger partial charge >= 0.3 is 7.82 Å². The van der Waals surface area contributed by atoms with Crippen LogP contribution in [0.2, 0.25) is 0 Å². The van der Waals surface area contributed by atoms with Crippen LogP contribution in [0.25, 0.3) is 0 Å². The van der Waals surface area contributed by atoms with Crippen LogP contribution in [0.5, 0.6) is 0 Å². The highest BCUT2D eigenvalue weighted by Crippen LogP contribution is 2.50. The first-order chi connectivity index (χ1) is 7.59. The Balaban J connectivity index is 2.53. The lowest BCUT2D eigenvalue weighted by atomic mass is 10.5. The maximum atomic E-state index is 11.9. The van der Waals surface area contributed by atoms with Crippen LogP contribution in [0, 0.1) is 0 Å². The number of thiophene rings is 1. The molecule has 0 saturated carbocycles. The molecule has 0 N–H and O–H groups in total. The molecule has 0 spiro atoms. The Morgan fingerprint density at radius 2 is 1.88 bits per heavy atom. The van der Waals surface area contributed by atoms with Crippen molar-refractivity contribution in [2.45, 2.75) is 20.5 Å². The Bertz CT molecular complexity index is 358. The van der Waals surface area contributed by atoms with Crippen LogP contribution in [-0.4, -0.2) is 13.2 Å². The van der Waals surface area contributed by atoms with Crippen LogP contribution in [-0.2, 0) is 24.7 Å². The number of phosphoric ester groups is 1. The van der Waals surface area contributed by atoms with Crippen LogP contribution in [0.4, 0.5) is 0 Å². The predicted octanol–water partition coefficient (Wildman–Crippen LogP) is 4.21. The molecule has 0 atom stereocenters. The molecular formula is C9H14BrO4PS. The van der Waals surface area contributed by atoms with Crippen molar-refractivity contribution in [3.05, 3.63) is 20.8 Å². The van der Waals surface area contributed by atoms with Crippen molar-refractivity contribution in [1.29, 1.82) is 0 Å². The Kier molecular flexibility index (Phi) is 6.18. The van der Waals surface area contributed by atoms with Crippen LogP contribution in [0.1, 0.15) is 18.7 Å². The second-order valence-electron chi connectivity index (χ2n) is 2.76. The van der Waals surface area contributed by atoms with Gasteiger partial charge in [-0.25, -0.2) is 4.57 Å². The molecule has 0 aliphatic carbocycles. The molecule has 7 heteroatoms. The summed E-state index contributed by atoms with van der Waals surface area (Å²) in [6.45, 7) is 4.32. The van der Waals surface area contributed by atoms with Crippen molar-refractivity contribution >= 4 is 35.1 Å². The van der Waals surface area contributed by atoms with Gasteiger partial charge in [-0.1, -0.05) is 0 Å². The minimum Gasteiger partial charge on any atom is -0.287 e. The van der Waals surface area contributed by atoms with E-state index in [1.165, 1.54) is 11.3 Å². The third-order valence-corrected chi connectivity index (χ3v) is 4.76. The fourth-order valence-electron chi connectivity index (χ4n) is 1.00. The van der Waals surface area contributed by atoms with Gasteiger partial charge in [-0.3, -0.25) is 13.6 Å². The molecule has 1 aromatic heterocycles. The standard InChI is InChI=1S/C9H14BrO4PS/c1-3-12-15(11,13-4-2)14-7-8-5-6-9(10)16-8/h5-6H,3-4,7H2,1-2H3. The molecule has 1 rings (SSSR count). The van der Waals surface area contributed by atoms with Crippen molar-refractivity contribution in [3.63, 3.8) is 0 Å². The molecule has 0 amide bonds. The minimum atomic E-state index is -3.38. The maximum Gasteiger partial charge on any atom is 0.475 e. The molecule has 0 aliphatic heterocycles. The third-order valence-electron chi connectivity index (χ3n) is 1.57. The first-order valence-electron chi connectivity index (χ1n) is 4.87. The highest BCUT2D eigenvalue weighted by atomic mass is 79.9. The summed E-state index contributed by atoms with van der Waals surface area (Å²) in [6.07, 6.45) is 0. The third kappa shape index (κ3) is 4.65. The zero-order valence-electron chi connectivity index (χ0n) is 9.14. The zero-order valence-corrected chi connectivity index (χ0v) is 12.4. The monoisotopic (exact) mass is 328 g/mol. The first kappa shape index (κ1) is 14.4. The molecule has 1 heterocycles. The highest BCUT2D eigenvalue weighted by molar-refractivity contribution is 9.11. The van der Waals surface area contributed by atoms with E-state index in [1.807, 2.05) is 12.1 Å². The molecule has 0 saturated heterocycles. The highest BCUT2D eigenvalue weighted by Gasteiger charge is 2.25. The summed E-state index contributed by atoms with van der Waals surface area (Å²) in [5, 5.41) is 0. The summed E-state index contributed by atoms with van der Waals surface area (Å²) >= 11 is 4.87. The van der Waals surface area contributed by atoms with E-state index in [4.69, 9.17) is 13.6 Å². The molecule has 0 radical (unpaired) electrons. The zero-order chi connectivity index (χ0) is 12.0. The maximum absolute atomic E-state index is 11.9. The molecule has 1 aromatic rings. The quantitative estimate of drug-likeness (QED) is 0.703. The number of hydrogen-bond donors (Lipinski definition) is 0. The topological polar surface area (TPSA) is 44.8 Å². The predicted molar refractivity (Wildman–Crippen MR) is 67.7 cm³/mol. The van der Waals surface area contributed by atoms with E-state index in [1.54, 1.807) is 13.8 Å². The lowest BCUT2D eigenvalue weighted by Gasteiger charge is -2.15. The average molecular weight is 329 g/mol. The molecule has 0 fully saturated rings. The van der Waals surface area contributed by atoms with Crippen LogP contribution in [0.3, 0.4) is 0 Å². The van der Waals surface area contributed by atoms with Crippen molar-refractivity contribution in [2.24, 2.45) is 0 Å². The molecule has 0 aliphatic rings. The van der Waals surface area contributed by atoms with E-state index in [-0.39, 0.29) is 6.61 Å². The van der Waals surface area contributed by atoms with Gasteiger partial charge in [0, 0.05) is 4.88 Å². The van der Waals surface area contributed by atoms with E-state index in [0.29, 0.717) is 13.2 Å². The Morgan fingerprint density at radius 1 is 1.25 bits per heavy atom. The van der Waals surface area contributed by atoms with Crippen LogP contribution < -0.4 is 0 Å². The van der Waals surface area contributed by atoms with E-state index in [2.05, 4.69) is 15.9 Å². The second-order valence-corrected chi connectivity index (χ2v) is 6.98. The fourth-order valence-corrected chi connectivity index (χ4v) is 3.64. The molecule has 16 heavy (non-hydrogen) atoms. The van der Waals surface area contributed by atoms with Crippen molar-refractivity contribution < 1.29 is 18.1 Å². The molecule has 0 aromatic carbocycles. The van der Waals surface area contributed by atoms with Crippen LogP contribution in [0.15, 0.2) is 15.9 Å². The summed E-state index contributed by atoms with van der Waals surface area (Å²) in [7, 11) is -3.38. The van der Waals surface area contributed by atoms with Gasteiger partial charge in [-0.15, -0.1) is 11.3 Å². The number of hydrogen-bond acceptors (Lipinski definition) is 5. The number of rotatable bonds is 7. The van der Waals surface area contributed by atoms with Crippen LogP contribution >= 0.6 is 35.1 Å². The van der Waals surface area contributed by atoms with Gasteiger partial charge in [0.25, 0.3) is 0 Å². The van der Waals surface area contributed by atoms with Gasteiger partial charge in [-0.05, 0) is 41.9 Å². The normalized spacial score (nSPS) is 11.9. The molecule has 92 valence electrons. The Morgan fingerprint density at radius 3 is 2.31 bits per heavy atom. The van der Waals surface area contributed by atoms with Crippen molar-refractivity contribution in [3.8, 4) is 0 Å².